The molecule has 0 aliphatic carbocycles. The lowest BCUT2D eigenvalue weighted by atomic mass is 10.1. The van der Waals surface area contributed by atoms with Gasteiger partial charge in [-0.05, 0) is 49.7 Å². The first-order chi connectivity index (χ1) is 15.0. The van der Waals surface area contributed by atoms with Crippen LogP contribution in [0.4, 0.5) is 15.8 Å². The summed E-state index contributed by atoms with van der Waals surface area (Å²) >= 11 is 0. The van der Waals surface area contributed by atoms with Crippen LogP contribution >= 0.6 is 0 Å². The lowest BCUT2D eigenvalue weighted by Gasteiger charge is -2.40. The van der Waals surface area contributed by atoms with Gasteiger partial charge in [0.2, 0.25) is 5.91 Å². The fraction of sp³-hybridized carbons (Fsp3) is 0.360. The van der Waals surface area contributed by atoms with Crippen LogP contribution in [0.15, 0.2) is 54.7 Å². The fourth-order valence-corrected chi connectivity index (χ4v) is 4.27. The van der Waals surface area contributed by atoms with Crippen LogP contribution in [-0.2, 0) is 4.79 Å². The van der Waals surface area contributed by atoms with E-state index < -0.39 is 0 Å². The summed E-state index contributed by atoms with van der Waals surface area (Å²) in [6.07, 6.45) is 3.54. The topological polar surface area (TPSA) is 48.5 Å². The van der Waals surface area contributed by atoms with Crippen molar-refractivity contribution in [3.05, 3.63) is 66.1 Å². The van der Waals surface area contributed by atoms with Crippen LogP contribution in [-0.4, -0.2) is 48.0 Å². The summed E-state index contributed by atoms with van der Waals surface area (Å²) in [7, 11) is 0. The maximum atomic E-state index is 13.8. The van der Waals surface area contributed by atoms with Crippen LogP contribution < -0.4 is 10.2 Å². The number of benzene rings is 2. The van der Waals surface area contributed by atoms with E-state index in [0.717, 1.165) is 61.3 Å². The molecule has 1 atom stereocenters. The van der Waals surface area contributed by atoms with Gasteiger partial charge in [-0.2, -0.15) is 0 Å². The summed E-state index contributed by atoms with van der Waals surface area (Å²) in [6, 6.07) is 14.4. The van der Waals surface area contributed by atoms with Crippen molar-refractivity contribution in [2.24, 2.45) is 0 Å². The van der Waals surface area contributed by atoms with Crippen molar-refractivity contribution >= 4 is 28.2 Å². The number of halogens is 1. The Morgan fingerprint density at radius 3 is 2.55 bits per heavy atom. The lowest BCUT2D eigenvalue weighted by molar-refractivity contribution is -0.121. The van der Waals surface area contributed by atoms with Gasteiger partial charge in [-0.25, -0.2) is 4.39 Å². The average molecular weight is 421 g/mol. The van der Waals surface area contributed by atoms with Gasteiger partial charge in [0.15, 0.2) is 0 Å². The summed E-state index contributed by atoms with van der Waals surface area (Å²) < 4.78 is 13.8. The Morgan fingerprint density at radius 2 is 1.84 bits per heavy atom. The molecule has 1 aliphatic heterocycles. The van der Waals surface area contributed by atoms with Crippen LogP contribution in [0.3, 0.4) is 0 Å². The number of carbonyl (C=O) groups excluding carboxylic acids is 1. The number of rotatable bonds is 6. The molecule has 1 saturated heterocycles. The maximum absolute atomic E-state index is 13.8. The number of nitrogens with zero attached hydrogens (tertiary/aromatic N) is 3. The number of hydrogen-bond donors (Lipinski definition) is 1. The Labute approximate surface area is 182 Å². The van der Waals surface area contributed by atoms with Gasteiger partial charge in [0, 0.05) is 49.1 Å². The zero-order chi connectivity index (χ0) is 21.8. The Bertz CT molecular complexity index is 1050. The molecular formula is C25H29FN4O. The molecule has 31 heavy (non-hydrogen) atoms. The molecule has 1 aromatic heterocycles. The van der Waals surface area contributed by atoms with E-state index in [2.05, 4.69) is 27.0 Å². The number of aromatic nitrogens is 1. The second-order valence-electron chi connectivity index (χ2n) is 8.17. The minimum atomic E-state index is -0.254. The summed E-state index contributed by atoms with van der Waals surface area (Å²) in [5.41, 5.74) is 3.80. The monoisotopic (exact) mass is 420 g/mol. The van der Waals surface area contributed by atoms with Crippen LogP contribution in [0.5, 0.6) is 0 Å². The number of pyridine rings is 1. The summed E-state index contributed by atoms with van der Waals surface area (Å²) in [4.78, 5) is 21.9. The smallest absolute Gasteiger partial charge is 0.241 e. The first-order valence-electron chi connectivity index (χ1n) is 11.0. The van der Waals surface area contributed by atoms with Gasteiger partial charge in [-0.15, -0.1) is 0 Å². The van der Waals surface area contributed by atoms with E-state index in [1.165, 1.54) is 11.6 Å². The van der Waals surface area contributed by atoms with Gasteiger partial charge in [-0.1, -0.05) is 31.0 Å². The standard InChI is InChI=1S/C25H29FN4O/c1-3-4-24(25(31)28-20-8-5-18(2)6-9-20)30-15-13-29(14-16-30)23-11-12-27-22-10-7-19(26)17-21(22)23/h5-12,17,24H,3-4,13-16H2,1-2H3,(H,28,31). The van der Waals surface area contributed by atoms with Gasteiger partial charge in [0.05, 0.1) is 11.6 Å². The predicted octanol–water partition coefficient (Wildman–Crippen LogP) is 4.61. The highest BCUT2D eigenvalue weighted by atomic mass is 19.1. The Hall–Kier alpha value is -2.99. The maximum Gasteiger partial charge on any atom is 0.241 e. The predicted molar refractivity (Wildman–Crippen MR) is 124 cm³/mol. The normalized spacial score (nSPS) is 15.8. The Balaban J connectivity index is 1.45. The number of amides is 1. The number of carbonyl (C=O) groups is 1. The number of piperazine rings is 1. The van der Waals surface area contributed by atoms with Crippen molar-refractivity contribution in [3.63, 3.8) is 0 Å². The summed E-state index contributed by atoms with van der Waals surface area (Å²) in [5.74, 6) is -0.202. The summed E-state index contributed by atoms with van der Waals surface area (Å²) in [6.45, 7) is 7.28. The zero-order valence-electron chi connectivity index (χ0n) is 18.1. The van der Waals surface area contributed by atoms with Crippen molar-refractivity contribution in [2.75, 3.05) is 36.4 Å². The first-order valence-corrected chi connectivity index (χ1v) is 11.0. The van der Waals surface area contributed by atoms with E-state index in [1.807, 2.05) is 37.3 Å². The number of aryl methyl sites for hydroxylation is 1. The molecule has 2 aromatic carbocycles. The first kappa shape index (κ1) is 21.2. The molecule has 1 unspecified atom stereocenters. The molecular weight excluding hydrogens is 391 g/mol. The highest BCUT2D eigenvalue weighted by Crippen LogP contribution is 2.27. The van der Waals surface area contributed by atoms with Crippen molar-refractivity contribution in [1.29, 1.82) is 0 Å². The van der Waals surface area contributed by atoms with Crippen molar-refractivity contribution < 1.29 is 9.18 Å². The van der Waals surface area contributed by atoms with Crippen molar-refractivity contribution in [3.8, 4) is 0 Å². The highest BCUT2D eigenvalue weighted by Gasteiger charge is 2.29. The molecule has 4 rings (SSSR count). The number of nitrogens with one attached hydrogen (secondary N) is 1. The minimum Gasteiger partial charge on any atom is -0.368 e. The molecule has 1 fully saturated rings. The van der Waals surface area contributed by atoms with Gasteiger partial charge in [-0.3, -0.25) is 14.7 Å². The van der Waals surface area contributed by atoms with E-state index in [9.17, 15) is 9.18 Å². The van der Waals surface area contributed by atoms with Crippen LogP contribution in [0.25, 0.3) is 10.9 Å². The molecule has 1 aliphatic rings. The average Bonchev–Trinajstić information content (AvgIpc) is 2.78. The molecule has 162 valence electrons. The highest BCUT2D eigenvalue weighted by molar-refractivity contribution is 5.95. The lowest BCUT2D eigenvalue weighted by Crippen LogP contribution is -2.54. The Kier molecular flexibility index (Phi) is 6.47. The quantitative estimate of drug-likeness (QED) is 0.633. The van der Waals surface area contributed by atoms with E-state index in [1.54, 1.807) is 18.3 Å². The Morgan fingerprint density at radius 1 is 1.10 bits per heavy atom. The molecule has 0 saturated carbocycles. The molecule has 0 radical (unpaired) electrons. The van der Waals surface area contributed by atoms with Gasteiger partial charge in [0.1, 0.15) is 5.82 Å². The molecule has 0 bridgehead atoms. The second-order valence-corrected chi connectivity index (χ2v) is 8.17. The van der Waals surface area contributed by atoms with Gasteiger partial charge < -0.3 is 10.2 Å². The SMILES string of the molecule is CCCC(C(=O)Nc1ccc(C)cc1)N1CCN(c2ccnc3ccc(F)cc23)CC1. The molecule has 5 nitrogen and oxygen atoms in total. The molecule has 6 heteroatoms. The van der Waals surface area contributed by atoms with Crippen LogP contribution in [0.2, 0.25) is 0 Å². The van der Waals surface area contributed by atoms with E-state index >= 15 is 0 Å². The van der Waals surface area contributed by atoms with E-state index in [-0.39, 0.29) is 17.8 Å². The number of fused-ring (bicyclic) bond motifs is 1. The largest absolute Gasteiger partial charge is 0.368 e. The zero-order valence-corrected chi connectivity index (χ0v) is 18.1. The fourth-order valence-electron chi connectivity index (χ4n) is 4.27. The summed E-state index contributed by atoms with van der Waals surface area (Å²) in [5, 5.41) is 3.91. The van der Waals surface area contributed by atoms with Crippen molar-refractivity contribution in [1.82, 2.24) is 9.88 Å². The third kappa shape index (κ3) is 4.85. The van der Waals surface area contributed by atoms with Crippen LogP contribution in [0.1, 0.15) is 25.3 Å². The molecule has 1 amide bonds. The number of hydrogen-bond acceptors (Lipinski definition) is 4. The molecule has 1 N–H and O–H groups in total. The molecule has 0 spiro atoms. The minimum absolute atomic E-state index is 0.0515. The second kappa shape index (κ2) is 9.43. The molecule has 2 heterocycles. The third-order valence-electron chi connectivity index (χ3n) is 5.96. The van der Waals surface area contributed by atoms with E-state index in [0.29, 0.717) is 0 Å². The van der Waals surface area contributed by atoms with E-state index in [4.69, 9.17) is 0 Å². The van der Waals surface area contributed by atoms with Gasteiger partial charge in [0.25, 0.3) is 0 Å². The van der Waals surface area contributed by atoms with Crippen LogP contribution in [0, 0.1) is 12.7 Å². The molecule has 3 aromatic rings. The number of anilines is 2. The third-order valence-corrected chi connectivity index (χ3v) is 5.96. The van der Waals surface area contributed by atoms with Gasteiger partial charge >= 0.3 is 0 Å². The van der Waals surface area contributed by atoms with Crippen molar-refractivity contribution in [2.45, 2.75) is 32.7 Å².